The molecule has 0 spiro atoms. The number of hydrogen-bond acceptors (Lipinski definition) is 4. The lowest BCUT2D eigenvalue weighted by atomic mass is 10.1. The van der Waals surface area contributed by atoms with Crippen molar-refractivity contribution in [1.29, 1.82) is 0 Å². The van der Waals surface area contributed by atoms with E-state index < -0.39 is 9.84 Å². The summed E-state index contributed by atoms with van der Waals surface area (Å²) in [6, 6.07) is 4.43. The minimum atomic E-state index is -2.97. The first-order valence-electron chi connectivity index (χ1n) is 8.49. The monoisotopic (exact) mass is 367 g/mol. The molecule has 1 atom stereocenters. The fourth-order valence-corrected chi connectivity index (χ4v) is 6.36. The van der Waals surface area contributed by atoms with Crippen molar-refractivity contribution >= 4 is 27.5 Å². The van der Waals surface area contributed by atoms with Gasteiger partial charge in [0.1, 0.15) is 0 Å². The van der Waals surface area contributed by atoms with Gasteiger partial charge in [-0.15, -0.1) is 11.8 Å². The highest BCUT2D eigenvalue weighted by molar-refractivity contribution is 8.00. The summed E-state index contributed by atoms with van der Waals surface area (Å²) in [4.78, 5) is 15.9. The smallest absolute Gasteiger partial charge is 0.233 e. The number of sulfone groups is 1. The minimum Gasteiger partial charge on any atom is -0.335 e. The van der Waals surface area contributed by atoms with Gasteiger partial charge in [-0.2, -0.15) is 0 Å². The first-order chi connectivity index (χ1) is 11.3. The van der Waals surface area contributed by atoms with Crippen molar-refractivity contribution in [1.82, 2.24) is 4.90 Å². The molecule has 1 heterocycles. The van der Waals surface area contributed by atoms with E-state index in [0.717, 1.165) is 12.8 Å². The van der Waals surface area contributed by atoms with Gasteiger partial charge in [0.25, 0.3) is 0 Å². The Morgan fingerprint density at radius 1 is 1.12 bits per heavy atom. The molecule has 4 nitrogen and oxygen atoms in total. The molecule has 0 radical (unpaired) electrons. The van der Waals surface area contributed by atoms with E-state index in [0.29, 0.717) is 12.2 Å². The van der Waals surface area contributed by atoms with Crippen LogP contribution in [0.15, 0.2) is 17.0 Å². The second-order valence-corrected chi connectivity index (χ2v) is 10.3. The molecule has 0 aromatic heterocycles. The highest BCUT2D eigenvalue weighted by Crippen LogP contribution is 2.34. The SMILES string of the molecule is Cc1cc(C)c(SCC(=O)N(C2CC2)C2CCS(=O)(=O)C2)c(C)c1. The molecule has 132 valence electrons. The molecule has 0 bridgehead atoms. The molecule has 1 unspecified atom stereocenters. The van der Waals surface area contributed by atoms with Gasteiger partial charge in [-0.25, -0.2) is 8.42 Å². The molecule has 2 fully saturated rings. The number of thioether (sulfide) groups is 1. The Morgan fingerprint density at radius 3 is 2.25 bits per heavy atom. The molecule has 1 aromatic rings. The average Bonchev–Trinajstić information content (AvgIpc) is 3.22. The zero-order valence-corrected chi connectivity index (χ0v) is 16.2. The van der Waals surface area contributed by atoms with Crippen LogP contribution < -0.4 is 0 Å². The Balaban J connectivity index is 1.69. The molecule has 1 aromatic carbocycles. The third-order valence-corrected chi connectivity index (χ3v) is 7.85. The molecule has 1 aliphatic heterocycles. The van der Waals surface area contributed by atoms with E-state index in [9.17, 15) is 13.2 Å². The summed E-state index contributed by atoms with van der Waals surface area (Å²) in [5, 5.41) is 0. The number of aryl methyl sites for hydroxylation is 3. The lowest BCUT2D eigenvalue weighted by Gasteiger charge is -2.28. The summed E-state index contributed by atoms with van der Waals surface area (Å²) in [5.74, 6) is 0.835. The normalized spacial score (nSPS) is 22.5. The Labute approximate surface area is 148 Å². The molecule has 6 heteroatoms. The molecule has 3 rings (SSSR count). The second-order valence-electron chi connectivity index (χ2n) is 7.11. The maximum atomic E-state index is 12.8. The number of rotatable bonds is 5. The standard InChI is InChI=1S/C18H25NO3S2/c1-12-8-13(2)18(14(3)9-12)23-10-17(20)19(15-4-5-15)16-6-7-24(21,22)11-16/h8-9,15-16H,4-7,10-11H2,1-3H3. The maximum Gasteiger partial charge on any atom is 0.233 e. The predicted octanol–water partition coefficient (Wildman–Crippen LogP) is 2.88. The predicted molar refractivity (Wildman–Crippen MR) is 98.3 cm³/mol. The van der Waals surface area contributed by atoms with E-state index in [1.165, 1.54) is 21.6 Å². The third kappa shape index (κ3) is 3.97. The first-order valence-corrected chi connectivity index (χ1v) is 11.3. The highest BCUT2D eigenvalue weighted by atomic mass is 32.2. The van der Waals surface area contributed by atoms with Crippen LogP contribution in [0, 0.1) is 20.8 Å². The molecule has 1 amide bonds. The second kappa shape index (κ2) is 6.71. The van der Waals surface area contributed by atoms with Crippen molar-refractivity contribution < 1.29 is 13.2 Å². The van der Waals surface area contributed by atoms with E-state index in [4.69, 9.17) is 0 Å². The fourth-order valence-electron chi connectivity index (χ4n) is 3.66. The third-order valence-electron chi connectivity index (χ3n) is 4.77. The largest absolute Gasteiger partial charge is 0.335 e. The topological polar surface area (TPSA) is 54.5 Å². The van der Waals surface area contributed by atoms with Gasteiger partial charge in [-0.3, -0.25) is 4.79 Å². The Morgan fingerprint density at radius 2 is 1.75 bits per heavy atom. The van der Waals surface area contributed by atoms with E-state index in [1.807, 2.05) is 4.90 Å². The molecule has 24 heavy (non-hydrogen) atoms. The summed E-state index contributed by atoms with van der Waals surface area (Å²) >= 11 is 1.58. The number of nitrogens with zero attached hydrogens (tertiary/aromatic N) is 1. The molecule has 1 saturated carbocycles. The molecule has 1 aliphatic carbocycles. The van der Waals surface area contributed by atoms with Crippen LogP contribution in [0.3, 0.4) is 0 Å². The van der Waals surface area contributed by atoms with Gasteiger partial charge in [0.2, 0.25) is 5.91 Å². The van der Waals surface area contributed by atoms with Crippen LogP contribution in [0.5, 0.6) is 0 Å². The van der Waals surface area contributed by atoms with Crippen molar-refractivity contribution in [2.75, 3.05) is 17.3 Å². The van der Waals surface area contributed by atoms with Crippen LogP contribution in [-0.2, 0) is 14.6 Å². The van der Waals surface area contributed by atoms with Crippen LogP contribution in [0.1, 0.15) is 36.0 Å². The van der Waals surface area contributed by atoms with Crippen LogP contribution in [-0.4, -0.2) is 48.6 Å². The highest BCUT2D eigenvalue weighted by Gasteiger charge is 2.41. The number of hydrogen-bond donors (Lipinski definition) is 0. The van der Waals surface area contributed by atoms with Gasteiger partial charge in [-0.05, 0) is 51.2 Å². The lowest BCUT2D eigenvalue weighted by Crippen LogP contribution is -2.43. The first kappa shape index (κ1) is 17.8. The number of benzene rings is 1. The zero-order chi connectivity index (χ0) is 17.5. The number of carbonyl (C=O) groups excluding carboxylic acids is 1. The lowest BCUT2D eigenvalue weighted by molar-refractivity contribution is -0.130. The minimum absolute atomic E-state index is 0.0870. The fraction of sp³-hybridized carbons (Fsp3) is 0.611. The summed E-state index contributed by atoms with van der Waals surface area (Å²) < 4.78 is 23.5. The van der Waals surface area contributed by atoms with Gasteiger partial charge in [0, 0.05) is 17.0 Å². The van der Waals surface area contributed by atoms with Gasteiger partial charge >= 0.3 is 0 Å². The summed E-state index contributed by atoms with van der Waals surface area (Å²) in [7, 11) is -2.97. The molecule has 1 saturated heterocycles. The van der Waals surface area contributed by atoms with Gasteiger partial charge in [-0.1, -0.05) is 17.7 Å². The van der Waals surface area contributed by atoms with Crippen LogP contribution in [0.2, 0.25) is 0 Å². The van der Waals surface area contributed by atoms with Crippen LogP contribution >= 0.6 is 11.8 Å². The van der Waals surface area contributed by atoms with Crippen molar-refractivity contribution in [2.24, 2.45) is 0 Å². The number of carbonyl (C=O) groups is 1. The Bertz CT molecular complexity index is 731. The quantitative estimate of drug-likeness (QED) is 0.751. The summed E-state index contributed by atoms with van der Waals surface area (Å²) in [6.07, 6.45) is 2.61. The van der Waals surface area contributed by atoms with Crippen molar-refractivity contribution in [3.05, 3.63) is 28.8 Å². The molecular weight excluding hydrogens is 342 g/mol. The summed E-state index contributed by atoms with van der Waals surface area (Å²) in [6.45, 7) is 6.24. The molecule has 0 N–H and O–H groups in total. The van der Waals surface area contributed by atoms with Crippen LogP contribution in [0.25, 0.3) is 0 Å². The number of amides is 1. The molecular formula is C18H25NO3S2. The van der Waals surface area contributed by atoms with Crippen molar-refractivity contribution in [3.63, 3.8) is 0 Å². The van der Waals surface area contributed by atoms with Crippen molar-refractivity contribution in [2.45, 2.75) is 57.0 Å². The van der Waals surface area contributed by atoms with E-state index in [-0.39, 0.29) is 29.5 Å². The average molecular weight is 368 g/mol. The van der Waals surface area contributed by atoms with Crippen molar-refractivity contribution in [3.8, 4) is 0 Å². The maximum absolute atomic E-state index is 12.8. The van der Waals surface area contributed by atoms with Gasteiger partial charge in [0.05, 0.1) is 17.3 Å². The zero-order valence-electron chi connectivity index (χ0n) is 14.5. The Hall–Kier alpha value is -1.01. The van der Waals surface area contributed by atoms with Gasteiger partial charge < -0.3 is 4.90 Å². The van der Waals surface area contributed by atoms with E-state index in [2.05, 4.69) is 32.9 Å². The Kier molecular flexibility index (Phi) is 4.98. The van der Waals surface area contributed by atoms with Gasteiger partial charge in [0.15, 0.2) is 9.84 Å². The summed E-state index contributed by atoms with van der Waals surface area (Å²) in [5.41, 5.74) is 3.63. The molecule has 2 aliphatic rings. The van der Waals surface area contributed by atoms with E-state index >= 15 is 0 Å². The van der Waals surface area contributed by atoms with Crippen LogP contribution in [0.4, 0.5) is 0 Å². The van der Waals surface area contributed by atoms with E-state index in [1.54, 1.807) is 11.8 Å².